The zero-order valence-electron chi connectivity index (χ0n) is 19.3. The van der Waals surface area contributed by atoms with E-state index in [0.717, 1.165) is 20.8 Å². The van der Waals surface area contributed by atoms with Crippen LogP contribution in [0.1, 0.15) is 34.1 Å². The number of hydrogen-bond acceptors (Lipinski definition) is 11. The molecule has 1 heterocycles. The van der Waals surface area contributed by atoms with E-state index < -0.39 is 64.2 Å². The van der Waals surface area contributed by atoms with Crippen molar-refractivity contribution in [1.29, 1.82) is 0 Å². The molecule has 1 fully saturated rings. The summed E-state index contributed by atoms with van der Waals surface area (Å²) in [7, 11) is -3.73. The van der Waals surface area contributed by atoms with E-state index in [4.69, 9.17) is 23.7 Å². The predicted molar refractivity (Wildman–Crippen MR) is 115 cm³/mol. The Morgan fingerprint density at radius 1 is 0.765 bits per heavy atom. The third kappa shape index (κ3) is 7.80. The number of hydrogen-bond donors (Lipinski definition) is 0. The lowest BCUT2D eigenvalue weighted by Crippen LogP contribution is -2.62. The number of rotatable bonds is 9. The molecule has 0 N–H and O–H groups in total. The summed E-state index contributed by atoms with van der Waals surface area (Å²) in [4.78, 5) is 46.9. The number of esters is 4. The van der Waals surface area contributed by atoms with Gasteiger partial charge in [-0.15, -0.1) is 0 Å². The van der Waals surface area contributed by atoms with Gasteiger partial charge in [0.25, 0.3) is 0 Å². The minimum Gasteiger partial charge on any atom is -0.463 e. The van der Waals surface area contributed by atoms with Gasteiger partial charge in [-0.1, -0.05) is 18.2 Å². The maximum Gasteiger partial charge on any atom is 0.303 e. The highest BCUT2D eigenvalue weighted by molar-refractivity contribution is 7.91. The molecule has 0 bridgehead atoms. The van der Waals surface area contributed by atoms with Gasteiger partial charge in [-0.05, 0) is 18.6 Å². The number of ether oxygens (including phenoxy) is 5. The Balaban J connectivity index is 2.40. The van der Waals surface area contributed by atoms with E-state index in [-0.39, 0.29) is 23.7 Å². The van der Waals surface area contributed by atoms with Gasteiger partial charge in [0.15, 0.2) is 28.1 Å². The number of carbonyl (C=O) groups excluding carboxylic acids is 4. The number of carbonyl (C=O) groups is 4. The smallest absolute Gasteiger partial charge is 0.303 e. The van der Waals surface area contributed by atoms with E-state index in [1.54, 1.807) is 18.2 Å². The van der Waals surface area contributed by atoms with E-state index in [2.05, 4.69) is 0 Å². The molecule has 0 amide bonds. The van der Waals surface area contributed by atoms with Crippen molar-refractivity contribution in [2.75, 3.05) is 12.4 Å². The second-order valence-corrected chi connectivity index (χ2v) is 9.77. The summed E-state index contributed by atoms with van der Waals surface area (Å²) >= 11 is 0. The molecule has 188 valence electrons. The zero-order valence-corrected chi connectivity index (χ0v) is 20.1. The predicted octanol–water partition coefficient (Wildman–Crippen LogP) is 0.976. The molecule has 0 aromatic heterocycles. The van der Waals surface area contributed by atoms with Crippen molar-refractivity contribution in [3.8, 4) is 0 Å². The minimum absolute atomic E-state index is 0.0978. The summed E-state index contributed by atoms with van der Waals surface area (Å²) in [5, 5.41) is 0. The fourth-order valence-electron chi connectivity index (χ4n) is 3.57. The number of sulfone groups is 1. The molecule has 2 rings (SSSR count). The van der Waals surface area contributed by atoms with Crippen LogP contribution in [-0.2, 0) is 52.7 Å². The molecule has 1 saturated heterocycles. The molecule has 12 heteroatoms. The fourth-order valence-corrected chi connectivity index (χ4v) is 4.92. The molecular formula is C22H28O11S. The highest BCUT2D eigenvalue weighted by Gasteiger charge is 2.52. The summed E-state index contributed by atoms with van der Waals surface area (Å²) in [5.74, 6) is -3.28. The monoisotopic (exact) mass is 500 g/mol. The van der Waals surface area contributed by atoms with Crippen molar-refractivity contribution in [3.05, 3.63) is 30.3 Å². The van der Waals surface area contributed by atoms with Crippen LogP contribution in [0.15, 0.2) is 35.2 Å². The fraction of sp³-hybridized carbons (Fsp3) is 0.545. The van der Waals surface area contributed by atoms with Crippen LogP contribution in [0.2, 0.25) is 0 Å². The first-order chi connectivity index (χ1) is 15.9. The molecule has 1 aromatic carbocycles. The van der Waals surface area contributed by atoms with Crippen LogP contribution in [0.3, 0.4) is 0 Å². The zero-order chi connectivity index (χ0) is 25.5. The summed E-state index contributed by atoms with van der Waals surface area (Å²) in [5.41, 5.74) is 0. The SMILES string of the molecule is CC(=O)OC[C@H]1OC(CCS(=O)(=O)c2ccccc2)[C@H](OC(C)=O)[C@@H](OC(C)=O)[C@@H]1OC(C)=O. The Bertz CT molecular complexity index is 989. The standard InChI is InChI=1S/C22H28O11S/c1-13(23)29-12-19-21(31-15(3)25)22(32-16(4)26)20(30-14(2)24)18(33-19)10-11-34(27,28)17-8-6-5-7-9-17/h5-9,18-22H,10-12H2,1-4H3/t18?,19-,20+,21-,22-/m1/s1. The third-order valence-electron chi connectivity index (χ3n) is 4.86. The second kappa shape index (κ2) is 11.9. The van der Waals surface area contributed by atoms with Crippen molar-refractivity contribution in [1.82, 2.24) is 0 Å². The van der Waals surface area contributed by atoms with Crippen LogP contribution in [0.25, 0.3) is 0 Å². The molecule has 0 spiro atoms. The number of benzene rings is 1. The van der Waals surface area contributed by atoms with Crippen molar-refractivity contribution in [2.45, 2.75) is 69.5 Å². The molecule has 0 saturated carbocycles. The lowest BCUT2D eigenvalue weighted by molar-refractivity contribution is -0.252. The third-order valence-corrected chi connectivity index (χ3v) is 6.62. The summed E-state index contributed by atoms with van der Waals surface area (Å²) in [6, 6.07) is 7.74. The first-order valence-electron chi connectivity index (χ1n) is 10.5. The molecular weight excluding hydrogens is 472 g/mol. The Morgan fingerprint density at radius 3 is 1.76 bits per heavy atom. The van der Waals surface area contributed by atoms with Gasteiger partial charge >= 0.3 is 23.9 Å². The molecule has 34 heavy (non-hydrogen) atoms. The molecule has 1 aliphatic heterocycles. The molecule has 0 radical (unpaired) electrons. The second-order valence-electron chi connectivity index (χ2n) is 7.66. The van der Waals surface area contributed by atoms with Crippen LogP contribution in [0.5, 0.6) is 0 Å². The summed E-state index contributed by atoms with van der Waals surface area (Å²) < 4.78 is 52.4. The molecule has 1 aromatic rings. The van der Waals surface area contributed by atoms with E-state index in [0.29, 0.717) is 0 Å². The van der Waals surface area contributed by atoms with Crippen LogP contribution >= 0.6 is 0 Å². The van der Waals surface area contributed by atoms with Crippen molar-refractivity contribution >= 4 is 33.7 Å². The Labute approximate surface area is 197 Å². The van der Waals surface area contributed by atoms with Gasteiger partial charge in [0.05, 0.1) is 10.6 Å². The lowest BCUT2D eigenvalue weighted by Gasteiger charge is -2.44. The Kier molecular flexibility index (Phi) is 9.56. The van der Waals surface area contributed by atoms with Gasteiger partial charge in [-0.25, -0.2) is 8.42 Å². The van der Waals surface area contributed by atoms with E-state index in [9.17, 15) is 27.6 Å². The normalized spacial score (nSPS) is 24.5. The van der Waals surface area contributed by atoms with Crippen LogP contribution in [0.4, 0.5) is 0 Å². The molecule has 11 nitrogen and oxygen atoms in total. The van der Waals surface area contributed by atoms with Gasteiger partial charge in [0.1, 0.15) is 18.8 Å². The molecule has 5 atom stereocenters. The van der Waals surface area contributed by atoms with Crippen molar-refractivity contribution in [2.24, 2.45) is 0 Å². The van der Waals surface area contributed by atoms with E-state index in [1.165, 1.54) is 19.1 Å². The molecule has 1 unspecified atom stereocenters. The van der Waals surface area contributed by atoms with E-state index in [1.807, 2.05) is 0 Å². The average Bonchev–Trinajstić information content (AvgIpc) is 2.74. The van der Waals surface area contributed by atoms with Gasteiger partial charge in [-0.3, -0.25) is 19.2 Å². The highest BCUT2D eigenvalue weighted by Crippen LogP contribution is 2.31. The van der Waals surface area contributed by atoms with Crippen LogP contribution < -0.4 is 0 Å². The largest absolute Gasteiger partial charge is 0.463 e. The van der Waals surface area contributed by atoms with Gasteiger partial charge in [0, 0.05) is 27.7 Å². The first kappa shape index (κ1) is 27.3. The van der Waals surface area contributed by atoms with Crippen molar-refractivity contribution < 1.29 is 51.3 Å². The topological polar surface area (TPSA) is 149 Å². The average molecular weight is 501 g/mol. The van der Waals surface area contributed by atoms with Crippen molar-refractivity contribution in [3.63, 3.8) is 0 Å². The van der Waals surface area contributed by atoms with Crippen LogP contribution in [0, 0.1) is 0 Å². The first-order valence-corrected chi connectivity index (χ1v) is 12.1. The van der Waals surface area contributed by atoms with E-state index >= 15 is 0 Å². The molecule has 1 aliphatic rings. The van der Waals surface area contributed by atoms with Gasteiger partial charge < -0.3 is 23.7 Å². The highest BCUT2D eigenvalue weighted by atomic mass is 32.2. The maximum atomic E-state index is 12.8. The molecule has 0 aliphatic carbocycles. The summed E-state index contributed by atoms with van der Waals surface area (Å²) in [6.07, 6.45) is -6.26. The maximum absolute atomic E-state index is 12.8. The Hall–Kier alpha value is -2.99. The minimum atomic E-state index is -3.73. The van der Waals surface area contributed by atoms with Crippen LogP contribution in [-0.4, -0.2) is 75.2 Å². The van der Waals surface area contributed by atoms with Gasteiger partial charge in [-0.2, -0.15) is 0 Å². The quantitative estimate of drug-likeness (QED) is 0.353. The lowest BCUT2D eigenvalue weighted by atomic mass is 9.93. The van der Waals surface area contributed by atoms with Gasteiger partial charge in [0.2, 0.25) is 0 Å². The Morgan fingerprint density at radius 2 is 1.26 bits per heavy atom. The summed E-state index contributed by atoms with van der Waals surface area (Å²) in [6.45, 7) is 4.14.